The molecule has 0 radical (unpaired) electrons. The molecule has 1 spiro atoms. The van der Waals surface area contributed by atoms with E-state index in [2.05, 4.69) is 16.0 Å². The zero-order chi connectivity index (χ0) is 23.0. The third-order valence-electron chi connectivity index (χ3n) is 6.11. The average Bonchev–Trinajstić information content (AvgIpc) is 3.26. The lowest BCUT2D eigenvalue weighted by Crippen LogP contribution is -2.52. The van der Waals surface area contributed by atoms with Gasteiger partial charge in [0.1, 0.15) is 17.0 Å². The van der Waals surface area contributed by atoms with Crippen LogP contribution in [-0.4, -0.2) is 38.0 Å². The van der Waals surface area contributed by atoms with E-state index in [0.717, 1.165) is 5.56 Å². The van der Waals surface area contributed by atoms with Gasteiger partial charge in [-0.3, -0.25) is 19.7 Å². The second-order valence-corrected chi connectivity index (χ2v) is 8.17. The van der Waals surface area contributed by atoms with E-state index in [4.69, 9.17) is 15.2 Å². The van der Waals surface area contributed by atoms with Crippen molar-refractivity contribution in [1.82, 2.24) is 5.32 Å². The smallest absolute Gasteiger partial charge is 0.250 e. The normalized spacial score (nSPS) is 23.5. The minimum atomic E-state index is -1.31. The number of nitrogens with one attached hydrogen (secondary N) is 3. The number of amides is 3. The predicted molar refractivity (Wildman–Crippen MR) is 119 cm³/mol. The zero-order valence-electron chi connectivity index (χ0n) is 18.2. The number of ether oxygens (including phenoxy) is 2. The van der Waals surface area contributed by atoms with Crippen LogP contribution in [-0.2, 0) is 19.9 Å². The van der Waals surface area contributed by atoms with E-state index in [0.29, 0.717) is 28.4 Å². The maximum atomic E-state index is 13.6. The van der Waals surface area contributed by atoms with Gasteiger partial charge >= 0.3 is 0 Å². The van der Waals surface area contributed by atoms with Gasteiger partial charge in [-0.05, 0) is 31.5 Å². The molecule has 0 unspecified atom stereocenters. The van der Waals surface area contributed by atoms with Crippen molar-refractivity contribution < 1.29 is 23.9 Å². The Hall–Kier alpha value is -3.59. The molecule has 1 saturated heterocycles. The van der Waals surface area contributed by atoms with E-state index in [9.17, 15) is 14.4 Å². The van der Waals surface area contributed by atoms with Gasteiger partial charge in [0.15, 0.2) is 0 Å². The lowest BCUT2D eigenvalue weighted by atomic mass is 9.79. The summed E-state index contributed by atoms with van der Waals surface area (Å²) in [7, 11) is 3.03. The highest BCUT2D eigenvalue weighted by Crippen LogP contribution is 2.48. The number of carbonyl (C=O) groups excluding carboxylic acids is 3. The number of anilines is 2. The molecule has 3 atom stereocenters. The Balaban J connectivity index is 1.75. The average molecular weight is 438 g/mol. The number of rotatable bonds is 6. The van der Waals surface area contributed by atoms with E-state index in [-0.39, 0.29) is 24.7 Å². The van der Waals surface area contributed by atoms with Crippen molar-refractivity contribution >= 4 is 29.1 Å². The van der Waals surface area contributed by atoms with Crippen LogP contribution in [0.3, 0.4) is 0 Å². The number of primary amides is 1. The van der Waals surface area contributed by atoms with E-state index >= 15 is 0 Å². The summed E-state index contributed by atoms with van der Waals surface area (Å²) in [5, 5.41) is 9.04. The first-order valence-corrected chi connectivity index (χ1v) is 10.3. The van der Waals surface area contributed by atoms with E-state index in [1.807, 2.05) is 25.1 Å². The zero-order valence-corrected chi connectivity index (χ0v) is 18.2. The van der Waals surface area contributed by atoms with Gasteiger partial charge in [-0.25, -0.2) is 0 Å². The Morgan fingerprint density at radius 2 is 1.97 bits per heavy atom. The molecule has 2 aromatic carbocycles. The van der Waals surface area contributed by atoms with Crippen LogP contribution in [0.25, 0.3) is 0 Å². The Kier molecular flexibility index (Phi) is 5.52. The third-order valence-corrected chi connectivity index (χ3v) is 6.11. The Morgan fingerprint density at radius 1 is 1.19 bits per heavy atom. The molecular weight excluding hydrogens is 412 g/mol. The van der Waals surface area contributed by atoms with Crippen LogP contribution in [0, 0.1) is 12.8 Å². The number of fused-ring (bicyclic) bond motifs is 2. The number of aryl methyl sites for hydroxylation is 1. The topological polar surface area (TPSA) is 132 Å². The van der Waals surface area contributed by atoms with Crippen LogP contribution in [0.5, 0.6) is 11.5 Å². The summed E-state index contributed by atoms with van der Waals surface area (Å²) in [5.74, 6) is -0.989. The Labute approximate surface area is 185 Å². The molecule has 32 heavy (non-hydrogen) atoms. The van der Waals surface area contributed by atoms with E-state index in [1.54, 1.807) is 18.2 Å². The number of carbonyl (C=O) groups is 3. The molecule has 4 rings (SSSR count). The van der Waals surface area contributed by atoms with E-state index in [1.165, 1.54) is 14.2 Å². The van der Waals surface area contributed by atoms with Crippen molar-refractivity contribution in [2.24, 2.45) is 11.7 Å². The van der Waals surface area contributed by atoms with Gasteiger partial charge in [0.05, 0.1) is 25.8 Å². The molecular formula is C23H26N4O5. The molecule has 0 aliphatic carbocycles. The van der Waals surface area contributed by atoms with Crippen molar-refractivity contribution in [3.05, 3.63) is 47.5 Å². The molecule has 0 saturated carbocycles. The quantitative estimate of drug-likeness (QED) is 0.542. The molecule has 1 fully saturated rings. The van der Waals surface area contributed by atoms with Gasteiger partial charge in [0, 0.05) is 29.8 Å². The molecule has 3 amide bonds. The van der Waals surface area contributed by atoms with Gasteiger partial charge in [0.25, 0.3) is 0 Å². The second kappa shape index (κ2) is 8.16. The third kappa shape index (κ3) is 3.54. The highest BCUT2D eigenvalue weighted by molar-refractivity contribution is 6.11. The lowest BCUT2D eigenvalue weighted by Gasteiger charge is -2.29. The van der Waals surface area contributed by atoms with Crippen molar-refractivity contribution in [1.29, 1.82) is 0 Å². The van der Waals surface area contributed by atoms with E-state index < -0.39 is 23.4 Å². The SMILES string of the molecule is COc1ccc(OC)c(NC(=O)[C@H]2C[C@H](CC(N)=O)N[C@]23C(=O)Nc2ccc(C)cc23)c1. The van der Waals surface area contributed by atoms with Gasteiger partial charge < -0.3 is 25.8 Å². The lowest BCUT2D eigenvalue weighted by molar-refractivity contribution is -0.130. The molecule has 168 valence electrons. The van der Waals surface area contributed by atoms with Crippen molar-refractivity contribution in [3.63, 3.8) is 0 Å². The molecule has 0 aromatic heterocycles. The van der Waals surface area contributed by atoms with Crippen molar-refractivity contribution in [2.45, 2.75) is 31.3 Å². The molecule has 2 heterocycles. The van der Waals surface area contributed by atoms with Crippen LogP contribution < -0.4 is 31.2 Å². The first-order chi connectivity index (χ1) is 15.3. The standard InChI is InChI=1S/C23H26N4O5/c1-12-4-6-17-15(8-12)23(22(30)26-17)16(9-13(27-23)10-20(24)28)21(29)25-18-11-14(31-2)5-7-19(18)32-3/h4-8,11,13,16,27H,9-10H2,1-3H3,(H2,24,28)(H,25,29)(H,26,30)/t13-,16-,23+/m1/s1. The Bertz CT molecular complexity index is 1100. The summed E-state index contributed by atoms with van der Waals surface area (Å²) in [5.41, 5.74) is 6.82. The minimum absolute atomic E-state index is 0.0163. The monoisotopic (exact) mass is 438 g/mol. The number of methoxy groups -OCH3 is 2. The van der Waals surface area contributed by atoms with Crippen LogP contribution >= 0.6 is 0 Å². The van der Waals surface area contributed by atoms with Crippen LogP contribution in [0.2, 0.25) is 0 Å². The fourth-order valence-corrected chi connectivity index (χ4v) is 4.68. The van der Waals surface area contributed by atoms with Gasteiger partial charge in [-0.2, -0.15) is 0 Å². The fourth-order valence-electron chi connectivity index (χ4n) is 4.68. The molecule has 2 aliphatic heterocycles. The molecule has 2 aliphatic rings. The number of hydrogen-bond acceptors (Lipinski definition) is 6. The molecule has 5 N–H and O–H groups in total. The number of nitrogens with two attached hydrogens (primary N) is 1. The summed E-state index contributed by atoms with van der Waals surface area (Å²) in [6.45, 7) is 1.92. The highest BCUT2D eigenvalue weighted by atomic mass is 16.5. The molecule has 0 bridgehead atoms. The summed E-state index contributed by atoms with van der Waals surface area (Å²) in [6, 6.07) is 10.2. The second-order valence-electron chi connectivity index (χ2n) is 8.17. The van der Waals surface area contributed by atoms with Crippen LogP contribution in [0.1, 0.15) is 24.0 Å². The number of benzene rings is 2. The first-order valence-electron chi connectivity index (χ1n) is 10.3. The van der Waals surface area contributed by atoms with Crippen molar-refractivity contribution in [3.8, 4) is 11.5 Å². The Morgan fingerprint density at radius 3 is 2.66 bits per heavy atom. The highest BCUT2D eigenvalue weighted by Gasteiger charge is 2.60. The fraction of sp³-hybridized carbons (Fsp3) is 0.348. The summed E-state index contributed by atoms with van der Waals surface area (Å²) < 4.78 is 10.6. The molecule has 9 heteroatoms. The summed E-state index contributed by atoms with van der Waals surface area (Å²) in [4.78, 5) is 38.5. The summed E-state index contributed by atoms with van der Waals surface area (Å²) >= 11 is 0. The molecule has 2 aromatic rings. The maximum Gasteiger partial charge on any atom is 0.250 e. The number of hydrogen-bond donors (Lipinski definition) is 4. The van der Waals surface area contributed by atoms with Gasteiger partial charge in [-0.15, -0.1) is 0 Å². The van der Waals surface area contributed by atoms with Gasteiger partial charge in [-0.1, -0.05) is 17.7 Å². The van der Waals surface area contributed by atoms with Gasteiger partial charge in [0.2, 0.25) is 17.7 Å². The van der Waals surface area contributed by atoms with Crippen LogP contribution in [0.15, 0.2) is 36.4 Å². The van der Waals surface area contributed by atoms with Crippen molar-refractivity contribution in [2.75, 3.05) is 24.9 Å². The summed E-state index contributed by atoms with van der Waals surface area (Å²) in [6.07, 6.45) is 0.282. The maximum absolute atomic E-state index is 13.6. The minimum Gasteiger partial charge on any atom is -0.497 e. The molecule has 9 nitrogen and oxygen atoms in total. The van der Waals surface area contributed by atoms with Crippen LogP contribution in [0.4, 0.5) is 11.4 Å². The predicted octanol–water partition coefficient (Wildman–Crippen LogP) is 1.65. The first kappa shape index (κ1) is 21.6. The largest absolute Gasteiger partial charge is 0.497 e.